The van der Waals surface area contributed by atoms with E-state index in [0.717, 1.165) is 10.8 Å². The monoisotopic (exact) mass is 240 g/mol. The Balaban J connectivity index is 2.44. The number of benzene rings is 2. The fourth-order valence-electron chi connectivity index (χ4n) is 1.96. The maximum atomic E-state index is 11.5. The molecule has 0 bridgehead atoms. The smallest absolute Gasteiger partial charge is 0.351 e. The summed E-state index contributed by atoms with van der Waals surface area (Å²) in [6, 6.07) is 12.5. The third-order valence-electron chi connectivity index (χ3n) is 2.83. The second kappa shape index (κ2) is 3.70. The van der Waals surface area contributed by atoms with E-state index in [9.17, 15) is 9.59 Å². The van der Waals surface area contributed by atoms with Crippen molar-refractivity contribution in [2.75, 3.05) is 0 Å². The Hall–Kier alpha value is -2.62. The molecule has 0 radical (unpaired) electrons. The van der Waals surface area contributed by atoms with E-state index < -0.39 is 11.6 Å². The van der Waals surface area contributed by atoms with Crippen LogP contribution in [0.15, 0.2) is 51.7 Å². The zero-order chi connectivity index (χ0) is 12.7. The van der Waals surface area contributed by atoms with Crippen molar-refractivity contribution in [3.8, 4) is 0 Å². The van der Waals surface area contributed by atoms with E-state index in [2.05, 4.69) is 0 Å². The predicted molar refractivity (Wildman–Crippen MR) is 66.9 cm³/mol. The van der Waals surface area contributed by atoms with Crippen molar-refractivity contribution >= 4 is 27.7 Å². The number of rotatable bonds is 1. The quantitative estimate of drug-likeness (QED) is 0.524. The highest BCUT2D eigenvalue weighted by atomic mass is 16.4. The number of carboxylic acid groups (broad SMARTS) is 1. The first-order valence-corrected chi connectivity index (χ1v) is 5.35. The van der Waals surface area contributed by atoms with Crippen LogP contribution in [-0.2, 0) is 0 Å². The maximum absolute atomic E-state index is 11.5. The maximum Gasteiger partial charge on any atom is 0.351 e. The average Bonchev–Trinajstić information content (AvgIpc) is 2.35. The molecule has 3 aromatic rings. The van der Waals surface area contributed by atoms with Gasteiger partial charge in [-0.1, -0.05) is 24.3 Å². The van der Waals surface area contributed by atoms with Crippen LogP contribution in [0, 0.1) is 0 Å². The molecule has 0 aliphatic carbocycles. The van der Waals surface area contributed by atoms with Crippen LogP contribution in [0.1, 0.15) is 10.4 Å². The SMILES string of the molecule is O=C(O)c1cc2cc3ccccc3cc2oc1=O. The van der Waals surface area contributed by atoms with Gasteiger partial charge >= 0.3 is 11.6 Å². The largest absolute Gasteiger partial charge is 0.477 e. The molecule has 18 heavy (non-hydrogen) atoms. The molecule has 0 amide bonds. The average molecular weight is 240 g/mol. The zero-order valence-corrected chi connectivity index (χ0v) is 9.21. The third kappa shape index (κ3) is 1.55. The minimum absolute atomic E-state index is 0.349. The van der Waals surface area contributed by atoms with E-state index in [4.69, 9.17) is 9.52 Å². The molecule has 0 aliphatic rings. The lowest BCUT2D eigenvalue weighted by atomic mass is 10.1. The normalized spacial score (nSPS) is 10.9. The summed E-state index contributed by atoms with van der Waals surface area (Å²) in [7, 11) is 0. The first-order chi connectivity index (χ1) is 8.65. The van der Waals surface area contributed by atoms with Crippen molar-refractivity contribution in [2.24, 2.45) is 0 Å². The first kappa shape index (κ1) is 10.5. The summed E-state index contributed by atoms with van der Waals surface area (Å²) in [5, 5.41) is 11.4. The molecule has 4 heteroatoms. The van der Waals surface area contributed by atoms with Gasteiger partial charge in [0, 0.05) is 5.39 Å². The summed E-state index contributed by atoms with van der Waals surface area (Å²) in [4.78, 5) is 22.3. The van der Waals surface area contributed by atoms with Gasteiger partial charge in [0.05, 0.1) is 0 Å². The highest BCUT2D eigenvalue weighted by molar-refractivity contribution is 5.98. The van der Waals surface area contributed by atoms with Crippen LogP contribution in [0.2, 0.25) is 0 Å². The van der Waals surface area contributed by atoms with E-state index in [1.807, 2.05) is 24.3 Å². The van der Waals surface area contributed by atoms with Crippen molar-refractivity contribution in [3.63, 3.8) is 0 Å². The molecule has 4 nitrogen and oxygen atoms in total. The minimum atomic E-state index is -1.28. The number of hydrogen-bond acceptors (Lipinski definition) is 3. The van der Waals surface area contributed by atoms with Crippen LogP contribution >= 0.6 is 0 Å². The molecule has 0 unspecified atom stereocenters. The Morgan fingerprint density at radius 2 is 1.67 bits per heavy atom. The van der Waals surface area contributed by atoms with Gasteiger partial charge in [0.15, 0.2) is 0 Å². The molecule has 1 heterocycles. The first-order valence-electron chi connectivity index (χ1n) is 5.35. The fraction of sp³-hybridized carbons (Fsp3) is 0. The molecule has 0 saturated carbocycles. The highest BCUT2D eigenvalue weighted by Crippen LogP contribution is 2.22. The number of aromatic carboxylic acids is 1. The highest BCUT2D eigenvalue weighted by Gasteiger charge is 2.12. The molecule has 2 aromatic carbocycles. The Morgan fingerprint density at radius 1 is 1.00 bits per heavy atom. The molecule has 0 fully saturated rings. The van der Waals surface area contributed by atoms with E-state index in [1.54, 1.807) is 12.1 Å². The number of carbonyl (C=O) groups is 1. The van der Waals surface area contributed by atoms with Crippen LogP contribution < -0.4 is 5.63 Å². The van der Waals surface area contributed by atoms with Gasteiger partial charge in [-0.05, 0) is 29.0 Å². The van der Waals surface area contributed by atoms with Gasteiger partial charge < -0.3 is 9.52 Å². The van der Waals surface area contributed by atoms with E-state index >= 15 is 0 Å². The lowest BCUT2D eigenvalue weighted by Gasteiger charge is -2.01. The number of fused-ring (bicyclic) bond motifs is 2. The summed E-state index contributed by atoms with van der Waals surface area (Å²) >= 11 is 0. The summed E-state index contributed by atoms with van der Waals surface area (Å²) in [6.07, 6.45) is 0. The van der Waals surface area contributed by atoms with Gasteiger partial charge in [0.1, 0.15) is 11.1 Å². The van der Waals surface area contributed by atoms with Crippen molar-refractivity contribution < 1.29 is 14.3 Å². The van der Waals surface area contributed by atoms with Crippen molar-refractivity contribution in [1.82, 2.24) is 0 Å². The Morgan fingerprint density at radius 3 is 2.33 bits per heavy atom. The van der Waals surface area contributed by atoms with Crippen LogP contribution in [0.3, 0.4) is 0 Å². The van der Waals surface area contributed by atoms with Crippen LogP contribution in [0.4, 0.5) is 0 Å². The lowest BCUT2D eigenvalue weighted by molar-refractivity contribution is 0.0692. The summed E-state index contributed by atoms with van der Waals surface area (Å²) < 4.78 is 5.03. The Labute approximate surface area is 101 Å². The Bertz CT molecular complexity index is 830. The second-order valence-corrected chi connectivity index (χ2v) is 3.99. The molecular weight excluding hydrogens is 232 g/mol. The number of hydrogen-bond donors (Lipinski definition) is 1. The van der Waals surface area contributed by atoms with Gasteiger partial charge in [-0.3, -0.25) is 0 Å². The van der Waals surface area contributed by atoms with Gasteiger partial charge in [-0.15, -0.1) is 0 Å². The fourth-order valence-corrected chi connectivity index (χ4v) is 1.96. The van der Waals surface area contributed by atoms with Gasteiger partial charge in [-0.25, -0.2) is 9.59 Å². The molecular formula is C14H8O4. The van der Waals surface area contributed by atoms with Gasteiger partial charge in [0.2, 0.25) is 0 Å². The van der Waals surface area contributed by atoms with E-state index in [1.165, 1.54) is 6.07 Å². The number of carboxylic acids is 1. The van der Waals surface area contributed by atoms with E-state index in [0.29, 0.717) is 11.0 Å². The zero-order valence-electron chi connectivity index (χ0n) is 9.21. The van der Waals surface area contributed by atoms with Crippen LogP contribution in [0.5, 0.6) is 0 Å². The van der Waals surface area contributed by atoms with Gasteiger partial charge in [-0.2, -0.15) is 0 Å². The molecule has 1 N–H and O–H groups in total. The second-order valence-electron chi connectivity index (χ2n) is 3.99. The van der Waals surface area contributed by atoms with Crippen molar-refractivity contribution in [3.05, 3.63) is 58.4 Å². The summed E-state index contributed by atoms with van der Waals surface area (Å²) in [6.45, 7) is 0. The summed E-state index contributed by atoms with van der Waals surface area (Å²) in [5.74, 6) is -1.28. The lowest BCUT2D eigenvalue weighted by Crippen LogP contribution is -2.12. The Kier molecular flexibility index (Phi) is 2.16. The molecule has 0 saturated heterocycles. The third-order valence-corrected chi connectivity index (χ3v) is 2.83. The predicted octanol–water partition coefficient (Wildman–Crippen LogP) is 2.64. The van der Waals surface area contributed by atoms with Gasteiger partial charge in [0.25, 0.3) is 0 Å². The summed E-state index contributed by atoms with van der Waals surface area (Å²) in [5.41, 5.74) is -0.785. The van der Waals surface area contributed by atoms with Crippen molar-refractivity contribution in [1.29, 1.82) is 0 Å². The van der Waals surface area contributed by atoms with Crippen LogP contribution in [-0.4, -0.2) is 11.1 Å². The van der Waals surface area contributed by atoms with E-state index in [-0.39, 0.29) is 5.56 Å². The molecule has 0 spiro atoms. The topological polar surface area (TPSA) is 67.5 Å². The molecule has 1 aromatic heterocycles. The molecule has 0 atom stereocenters. The van der Waals surface area contributed by atoms with Crippen molar-refractivity contribution in [2.45, 2.75) is 0 Å². The molecule has 3 rings (SSSR count). The standard InChI is InChI=1S/C14H8O4/c15-13(16)11-6-10-5-8-3-1-2-4-9(8)7-12(10)18-14(11)17/h1-7H,(H,15,16). The molecule has 0 aliphatic heterocycles. The van der Waals surface area contributed by atoms with Crippen LogP contribution in [0.25, 0.3) is 21.7 Å². The minimum Gasteiger partial charge on any atom is -0.477 e. The molecule has 88 valence electrons.